The summed E-state index contributed by atoms with van der Waals surface area (Å²) in [6, 6.07) is 32.3. The van der Waals surface area contributed by atoms with Crippen molar-refractivity contribution >= 4 is 59.0 Å². The van der Waals surface area contributed by atoms with Gasteiger partial charge in [0, 0.05) is 32.8 Å². The SMILES string of the molecule is COc1ccc([Si](C)(C)[C@@H]2[C@@H](CCn3cc(C(CO)c4ccccc4)nn3)O[C@]3(C(=O)N(Cc4cccc(I)c4)c4ccc(Cl)cc43)[C@H]2C)cc1. The van der Waals surface area contributed by atoms with Gasteiger partial charge < -0.3 is 19.5 Å². The second-order valence-electron chi connectivity index (χ2n) is 14.2. The number of aromatic nitrogens is 3. The Hall–Kier alpha value is -3.55. The molecule has 0 saturated carbocycles. The molecule has 1 spiro atoms. The van der Waals surface area contributed by atoms with E-state index in [1.807, 2.05) is 82.5 Å². The van der Waals surface area contributed by atoms with Gasteiger partial charge in [0.2, 0.25) is 0 Å². The van der Waals surface area contributed by atoms with E-state index in [-0.39, 0.29) is 36.0 Å². The molecule has 1 fully saturated rings. The Morgan fingerprint density at radius 2 is 1.80 bits per heavy atom. The molecule has 4 aromatic carbocycles. The van der Waals surface area contributed by atoms with Crippen LogP contribution >= 0.6 is 34.2 Å². The molecule has 8 nitrogen and oxygen atoms in total. The van der Waals surface area contributed by atoms with Crippen molar-refractivity contribution < 1.29 is 19.4 Å². The number of benzene rings is 4. The van der Waals surface area contributed by atoms with Crippen LogP contribution in [-0.2, 0) is 28.2 Å². The number of anilines is 1. The smallest absolute Gasteiger partial charge is 0.264 e. The molecule has 1 unspecified atom stereocenters. The Labute approximate surface area is 318 Å². The minimum Gasteiger partial charge on any atom is -0.497 e. The van der Waals surface area contributed by atoms with E-state index in [0.29, 0.717) is 30.2 Å². The van der Waals surface area contributed by atoms with Crippen molar-refractivity contribution in [1.29, 1.82) is 0 Å². The van der Waals surface area contributed by atoms with E-state index in [1.54, 1.807) is 7.11 Å². The van der Waals surface area contributed by atoms with Crippen LogP contribution in [0.1, 0.15) is 41.6 Å². The summed E-state index contributed by atoms with van der Waals surface area (Å²) in [5.41, 5.74) is 3.30. The number of halogens is 2. The number of aliphatic hydroxyl groups is 1. The monoisotopic (exact) mass is 832 g/mol. The van der Waals surface area contributed by atoms with Crippen LogP contribution in [0.3, 0.4) is 0 Å². The van der Waals surface area contributed by atoms with Crippen LogP contribution in [0.25, 0.3) is 0 Å². The molecular formula is C40H42ClIN4O4Si. The number of hydrogen-bond acceptors (Lipinski definition) is 6. The molecule has 2 aliphatic rings. The van der Waals surface area contributed by atoms with Crippen LogP contribution in [0.5, 0.6) is 5.75 Å². The number of aryl methyl sites for hydroxylation is 1. The van der Waals surface area contributed by atoms with E-state index in [4.69, 9.17) is 21.1 Å². The second kappa shape index (κ2) is 14.5. The number of carbonyl (C=O) groups excluding carboxylic acids is 1. The summed E-state index contributed by atoms with van der Waals surface area (Å²) < 4.78 is 15.7. The fourth-order valence-corrected chi connectivity index (χ4v) is 13.3. The van der Waals surface area contributed by atoms with Crippen molar-refractivity contribution in [1.82, 2.24) is 15.0 Å². The van der Waals surface area contributed by atoms with E-state index in [1.165, 1.54) is 5.19 Å². The van der Waals surface area contributed by atoms with Gasteiger partial charge in [-0.3, -0.25) is 9.48 Å². The Balaban J connectivity index is 1.26. The molecule has 5 aromatic rings. The molecular weight excluding hydrogens is 791 g/mol. The maximum absolute atomic E-state index is 15.1. The Bertz CT molecular complexity index is 2030. The zero-order chi connectivity index (χ0) is 35.9. The summed E-state index contributed by atoms with van der Waals surface area (Å²) in [6.45, 7) is 7.87. The number of rotatable bonds is 11. The highest BCUT2D eigenvalue weighted by Gasteiger charge is 2.66. The molecule has 11 heteroatoms. The van der Waals surface area contributed by atoms with Crippen LogP contribution in [-0.4, -0.2) is 53.9 Å². The van der Waals surface area contributed by atoms with E-state index in [0.717, 1.165) is 31.7 Å². The van der Waals surface area contributed by atoms with Gasteiger partial charge >= 0.3 is 0 Å². The first-order valence-electron chi connectivity index (χ1n) is 17.3. The zero-order valence-corrected chi connectivity index (χ0v) is 33.1. The van der Waals surface area contributed by atoms with Gasteiger partial charge in [-0.2, -0.15) is 0 Å². The predicted molar refractivity (Wildman–Crippen MR) is 211 cm³/mol. The van der Waals surface area contributed by atoms with E-state index in [9.17, 15) is 5.11 Å². The molecule has 7 rings (SSSR count). The summed E-state index contributed by atoms with van der Waals surface area (Å²) in [7, 11) is -0.655. The third kappa shape index (κ3) is 6.54. The molecule has 1 saturated heterocycles. The first-order valence-corrected chi connectivity index (χ1v) is 21.8. The van der Waals surface area contributed by atoms with Gasteiger partial charge in [0.05, 0.1) is 51.7 Å². The summed E-state index contributed by atoms with van der Waals surface area (Å²) in [4.78, 5) is 16.9. The van der Waals surface area contributed by atoms with E-state index >= 15 is 4.79 Å². The number of methoxy groups -OCH3 is 1. The normalized spacial score (nSPS) is 22.1. The number of hydrogen-bond donors (Lipinski definition) is 1. The fraction of sp³-hybridized carbons (Fsp3) is 0.325. The molecule has 3 heterocycles. The van der Waals surface area contributed by atoms with Crippen molar-refractivity contribution in [3.63, 3.8) is 0 Å². The minimum atomic E-state index is -2.33. The molecule has 0 radical (unpaired) electrons. The Kier molecular flexibility index (Phi) is 10.2. The number of aliphatic hydroxyl groups excluding tert-OH is 1. The standard InChI is InChI=1S/C40H42ClIN4O4Si/c1-26-38(51(3,4)32-16-14-31(49-2)15-17-32)37(19-20-45-24-35(43-44-45)33(25-47)28-10-6-5-7-11-28)50-40(26)34-22-29(41)13-18-36(34)46(39(40)48)23-27-9-8-12-30(42)21-27/h5-18,21-22,24,26,33,37-38,47H,19-20,23,25H2,1-4H3/t26-,33?,37+,38-,40+/m0/s1. The predicted octanol–water partition coefficient (Wildman–Crippen LogP) is 7.52. The third-order valence-corrected chi connectivity index (χ3v) is 16.2. The van der Waals surface area contributed by atoms with Gasteiger partial charge in [0.15, 0.2) is 5.60 Å². The molecule has 0 bridgehead atoms. The highest BCUT2D eigenvalue weighted by molar-refractivity contribution is 14.1. The maximum atomic E-state index is 15.1. The number of nitrogens with zero attached hydrogens (tertiary/aromatic N) is 4. The number of ether oxygens (including phenoxy) is 2. The lowest BCUT2D eigenvalue weighted by molar-refractivity contribution is -0.146. The topological polar surface area (TPSA) is 89.7 Å². The van der Waals surface area contributed by atoms with E-state index in [2.05, 4.69) is 83.3 Å². The lowest BCUT2D eigenvalue weighted by Gasteiger charge is -2.37. The van der Waals surface area contributed by atoms with Crippen molar-refractivity contribution in [2.45, 2.75) is 62.7 Å². The average Bonchev–Trinajstić information content (AvgIpc) is 3.78. The first-order chi connectivity index (χ1) is 24.6. The van der Waals surface area contributed by atoms with Gasteiger partial charge in [-0.15, -0.1) is 5.10 Å². The van der Waals surface area contributed by atoms with Gasteiger partial charge in [-0.1, -0.05) is 96.6 Å². The van der Waals surface area contributed by atoms with Crippen LogP contribution in [0, 0.1) is 9.49 Å². The van der Waals surface area contributed by atoms with Gasteiger partial charge in [0.1, 0.15) is 5.75 Å². The number of amides is 1. The molecule has 0 aliphatic carbocycles. The summed E-state index contributed by atoms with van der Waals surface area (Å²) in [5, 5.41) is 21.1. The number of carbonyl (C=O) groups is 1. The molecule has 264 valence electrons. The van der Waals surface area contributed by atoms with Crippen LogP contribution < -0.4 is 14.8 Å². The summed E-state index contributed by atoms with van der Waals surface area (Å²) in [5.74, 6) is 0.345. The zero-order valence-electron chi connectivity index (χ0n) is 29.2. The minimum absolute atomic E-state index is 0.0464. The summed E-state index contributed by atoms with van der Waals surface area (Å²) >= 11 is 9.01. The van der Waals surface area contributed by atoms with Crippen molar-refractivity contribution in [2.24, 2.45) is 5.92 Å². The quantitative estimate of drug-likeness (QED) is 0.110. The van der Waals surface area contributed by atoms with Gasteiger partial charge in [-0.25, -0.2) is 0 Å². The highest BCUT2D eigenvalue weighted by atomic mass is 127. The van der Waals surface area contributed by atoms with Crippen molar-refractivity contribution in [3.8, 4) is 5.75 Å². The maximum Gasteiger partial charge on any atom is 0.264 e. The molecule has 1 N–H and O–H groups in total. The average molecular weight is 833 g/mol. The largest absolute Gasteiger partial charge is 0.497 e. The van der Waals surface area contributed by atoms with Gasteiger partial charge in [0.25, 0.3) is 5.91 Å². The Morgan fingerprint density at radius 1 is 1.04 bits per heavy atom. The lowest BCUT2D eigenvalue weighted by atomic mass is 9.82. The first kappa shape index (κ1) is 35.8. The highest BCUT2D eigenvalue weighted by Crippen LogP contribution is 2.60. The molecule has 5 atom stereocenters. The van der Waals surface area contributed by atoms with E-state index < -0.39 is 13.7 Å². The van der Waals surface area contributed by atoms with Crippen LogP contribution in [0.2, 0.25) is 23.7 Å². The Morgan fingerprint density at radius 3 is 2.51 bits per heavy atom. The summed E-state index contributed by atoms with van der Waals surface area (Å²) in [6.07, 6.45) is 2.29. The van der Waals surface area contributed by atoms with Crippen LogP contribution in [0.15, 0.2) is 103 Å². The van der Waals surface area contributed by atoms with Crippen molar-refractivity contribution in [2.75, 3.05) is 18.6 Å². The molecule has 1 aromatic heterocycles. The fourth-order valence-electron chi connectivity index (χ4n) is 8.43. The van der Waals surface area contributed by atoms with Crippen molar-refractivity contribution in [3.05, 3.63) is 134 Å². The van der Waals surface area contributed by atoms with Crippen LogP contribution in [0.4, 0.5) is 5.69 Å². The third-order valence-electron chi connectivity index (χ3n) is 11.0. The van der Waals surface area contributed by atoms with Gasteiger partial charge in [-0.05, 0) is 88.1 Å². The second-order valence-corrected chi connectivity index (χ2v) is 20.5. The molecule has 51 heavy (non-hydrogen) atoms. The molecule has 1 amide bonds. The molecule has 2 aliphatic heterocycles. The lowest BCUT2D eigenvalue weighted by Crippen LogP contribution is -2.51. The number of fused-ring (bicyclic) bond motifs is 2.